The highest BCUT2D eigenvalue weighted by molar-refractivity contribution is 6.25. The summed E-state index contributed by atoms with van der Waals surface area (Å²) in [6.45, 7) is 0. The number of carbonyl (C=O) groups is 3. The largest absolute Gasteiger partial charge is 0.497 e. The van der Waals surface area contributed by atoms with E-state index in [9.17, 15) is 24.5 Å². The van der Waals surface area contributed by atoms with Gasteiger partial charge in [0.1, 0.15) is 17.0 Å². The minimum atomic E-state index is -1.58. The third-order valence-corrected chi connectivity index (χ3v) is 7.62. The Morgan fingerprint density at radius 3 is 2.27 bits per heavy atom. The minimum absolute atomic E-state index is 0.0171. The van der Waals surface area contributed by atoms with Gasteiger partial charge in [-0.1, -0.05) is 42.5 Å². The fourth-order valence-electron chi connectivity index (χ4n) is 5.83. The van der Waals surface area contributed by atoms with Crippen LogP contribution >= 0.6 is 0 Å². The Bertz CT molecular complexity index is 1480. The summed E-state index contributed by atoms with van der Waals surface area (Å²) in [5, 5.41) is 14.7. The maximum absolute atomic E-state index is 14.2. The predicted molar refractivity (Wildman–Crippen MR) is 143 cm³/mol. The van der Waals surface area contributed by atoms with Crippen molar-refractivity contribution in [2.75, 3.05) is 26.2 Å². The Kier molecular flexibility index (Phi) is 6.99. The molecule has 0 aromatic heterocycles. The number of nitrogens with zero attached hydrogens (tertiary/aromatic N) is 2. The molecule has 2 heterocycles. The third kappa shape index (κ3) is 4.24. The summed E-state index contributed by atoms with van der Waals surface area (Å²) < 4.78 is 15.9. The normalized spacial score (nSPS) is 23.6. The molecule has 0 spiro atoms. The average molecular weight is 546 g/mol. The second-order valence-corrected chi connectivity index (χ2v) is 9.65. The molecule has 11 heteroatoms. The van der Waals surface area contributed by atoms with Gasteiger partial charge in [-0.2, -0.15) is 0 Å². The zero-order valence-corrected chi connectivity index (χ0v) is 22.0. The number of esters is 1. The number of nitrogens with one attached hydrogen (secondary N) is 1. The number of imide groups is 1. The van der Waals surface area contributed by atoms with Crippen LogP contribution in [0.3, 0.4) is 0 Å². The van der Waals surface area contributed by atoms with Crippen LogP contribution in [0.2, 0.25) is 0 Å². The lowest BCUT2D eigenvalue weighted by atomic mass is 9.76. The molecule has 0 bridgehead atoms. The monoisotopic (exact) mass is 545 g/mol. The molecule has 4 atom stereocenters. The summed E-state index contributed by atoms with van der Waals surface area (Å²) in [6, 6.07) is 19.1. The van der Waals surface area contributed by atoms with Crippen molar-refractivity contribution in [1.29, 1.82) is 0 Å². The molecule has 2 aliphatic rings. The molecule has 0 unspecified atom stereocenters. The van der Waals surface area contributed by atoms with Crippen LogP contribution in [-0.2, 0) is 25.5 Å². The highest BCUT2D eigenvalue weighted by atomic mass is 16.6. The highest BCUT2D eigenvalue weighted by Gasteiger charge is 2.69. The zero-order valence-electron chi connectivity index (χ0n) is 22.0. The van der Waals surface area contributed by atoms with Crippen LogP contribution in [0.4, 0.5) is 11.4 Å². The third-order valence-electron chi connectivity index (χ3n) is 7.62. The number of rotatable bonds is 8. The Morgan fingerprint density at radius 1 is 0.975 bits per heavy atom. The van der Waals surface area contributed by atoms with Crippen LogP contribution in [0.5, 0.6) is 11.5 Å². The van der Waals surface area contributed by atoms with Gasteiger partial charge in [0.2, 0.25) is 11.8 Å². The summed E-state index contributed by atoms with van der Waals surface area (Å²) in [5.41, 5.74) is -0.342. The van der Waals surface area contributed by atoms with E-state index in [2.05, 4.69) is 5.32 Å². The molecule has 0 aliphatic carbocycles. The van der Waals surface area contributed by atoms with E-state index in [0.29, 0.717) is 11.3 Å². The van der Waals surface area contributed by atoms with Gasteiger partial charge < -0.3 is 14.2 Å². The van der Waals surface area contributed by atoms with Crippen molar-refractivity contribution in [3.8, 4) is 11.5 Å². The first kappa shape index (κ1) is 26.8. The first-order chi connectivity index (χ1) is 19.2. The predicted octanol–water partition coefficient (Wildman–Crippen LogP) is 3.22. The van der Waals surface area contributed by atoms with Gasteiger partial charge in [-0.25, -0.2) is 4.90 Å². The number of hydrogen-bond acceptors (Lipinski definition) is 9. The quantitative estimate of drug-likeness (QED) is 0.196. The average Bonchev–Trinajstić information content (AvgIpc) is 3.45. The van der Waals surface area contributed by atoms with Crippen LogP contribution in [0.1, 0.15) is 17.2 Å². The number of methoxy groups -OCH3 is 3. The second kappa shape index (κ2) is 10.4. The fourth-order valence-corrected chi connectivity index (χ4v) is 5.83. The molecule has 1 N–H and O–H groups in total. The highest BCUT2D eigenvalue weighted by Crippen LogP contribution is 2.52. The molecule has 40 heavy (non-hydrogen) atoms. The van der Waals surface area contributed by atoms with Gasteiger partial charge >= 0.3 is 5.97 Å². The van der Waals surface area contributed by atoms with Crippen molar-refractivity contribution in [1.82, 2.24) is 5.32 Å². The molecule has 2 amide bonds. The molecule has 206 valence electrons. The summed E-state index contributed by atoms with van der Waals surface area (Å²) in [4.78, 5) is 53.7. The molecular formula is C29H27N3O8. The zero-order chi connectivity index (χ0) is 28.6. The van der Waals surface area contributed by atoms with Gasteiger partial charge in [0.05, 0.1) is 49.8 Å². The van der Waals surface area contributed by atoms with Gasteiger partial charge in [0.15, 0.2) is 0 Å². The number of nitro benzene ring substituents is 1. The summed E-state index contributed by atoms with van der Waals surface area (Å²) in [6.07, 6.45) is 0.0819. The number of ether oxygens (including phenoxy) is 3. The Hall–Kier alpha value is -4.77. The van der Waals surface area contributed by atoms with Crippen molar-refractivity contribution in [3.63, 3.8) is 0 Å². The molecule has 2 fully saturated rings. The molecular weight excluding hydrogens is 518 g/mol. The van der Waals surface area contributed by atoms with Crippen LogP contribution < -0.4 is 19.7 Å². The van der Waals surface area contributed by atoms with Gasteiger partial charge in [0, 0.05) is 18.5 Å². The Labute approximate surface area is 229 Å². The fraction of sp³-hybridized carbons (Fsp3) is 0.276. The van der Waals surface area contributed by atoms with Crippen molar-refractivity contribution in [2.24, 2.45) is 11.8 Å². The number of hydrogen-bond donors (Lipinski definition) is 1. The van der Waals surface area contributed by atoms with E-state index >= 15 is 0 Å². The number of fused-ring (bicyclic) bond motifs is 1. The first-order valence-electron chi connectivity index (χ1n) is 12.5. The van der Waals surface area contributed by atoms with Gasteiger partial charge in [-0.15, -0.1) is 0 Å². The lowest BCUT2D eigenvalue weighted by Crippen LogP contribution is -2.57. The van der Waals surface area contributed by atoms with Crippen LogP contribution in [-0.4, -0.2) is 49.6 Å². The smallest absolute Gasteiger partial charge is 0.327 e. The summed E-state index contributed by atoms with van der Waals surface area (Å²) in [5.74, 6) is -3.41. The number of amides is 2. The minimum Gasteiger partial charge on any atom is -0.497 e. The standard InChI is InChI=1S/C29H27N3O8/c1-38-20-12-9-18(10-13-20)25-23-24(29(30-25,28(35)40-3)16-17-7-5-4-6-8-17)27(34)31(26(23)33)21-14-11-19(32(36)37)15-22(21)39-2/h4-15,23-25,30H,16H2,1-3H3/t23-,24+,25+,29+/m0/s1. The van der Waals surface area contributed by atoms with Crippen LogP contribution in [0.25, 0.3) is 0 Å². The molecule has 3 aromatic carbocycles. The number of non-ortho nitro benzene ring substituents is 1. The molecule has 5 rings (SSSR count). The van der Waals surface area contributed by atoms with Crippen molar-refractivity contribution in [3.05, 3.63) is 94.0 Å². The van der Waals surface area contributed by atoms with Gasteiger partial charge in [-0.05, 0) is 29.3 Å². The molecule has 0 saturated carbocycles. The van der Waals surface area contributed by atoms with E-state index in [1.165, 1.54) is 33.5 Å². The van der Waals surface area contributed by atoms with Crippen molar-refractivity contribution in [2.45, 2.75) is 18.0 Å². The second-order valence-electron chi connectivity index (χ2n) is 9.65. The molecule has 3 aromatic rings. The first-order valence-corrected chi connectivity index (χ1v) is 12.5. The van der Waals surface area contributed by atoms with Crippen molar-refractivity contribution < 1.29 is 33.5 Å². The Morgan fingerprint density at radius 2 is 1.68 bits per heavy atom. The van der Waals surface area contributed by atoms with E-state index in [4.69, 9.17) is 14.2 Å². The van der Waals surface area contributed by atoms with E-state index in [0.717, 1.165) is 16.5 Å². The van der Waals surface area contributed by atoms with E-state index in [1.807, 2.05) is 30.3 Å². The Balaban J connectivity index is 1.67. The summed E-state index contributed by atoms with van der Waals surface area (Å²) >= 11 is 0. The van der Waals surface area contributed by atoms with Crippen LogP contribution in [0.15, 0.2) is 72.8 Å². The van der Waals surface area contributed by atoms with E-state index in [1.54, 1.807) is 24.3 Å². The van der Waals surface area contributed by atoms with E-state index in [-0.39, 0.29) is 23.5 Å². The molecule has 0 radical (unpaired) electrons. The number of nitro groups is 1. The lowest BCUT2D eigenvalue weighted by Gasteiger charge is -2.33. The molecule has 11 nitrogen and oxygen atoms in total. The van der Waals surface area contributed by atoms with Crippen molar-refractivity contribution >= 4 is 29.2 Å². The topological polar surface area (TPSA) is 137 Å². The number of benzene rings is 3. The maximum atomic E-state index is 14.2. The lowest BCUT2D eigenvalue weighted by molar-refractivity contribution is -0.384. The summed E-state index contributed by atoms with van der Waals surface area (Å²) in [7, 11) is 4.07. The van der Waals surface area contributed by atoms with Gasteiger partial charge in [-0.3, -0.25) is 29.8 Å². The number of carbonyl (C=O) groups excluding carboxylic acids is 3. The van der Waals surface area contributed by atoms with Gasteiger partial charge in [0.25, 0.3) is 5.69 Å². The maximum Gasteiger partial charge on any atom is 0.327 e. The van der Waals surface area contributed by atoms with E-state index < -0.39 is 46.1 Å². The number of anilines is 1. The SMILES string of the molecule is COC(=O)[C@]1(Cc2ccccc2)N[C@H](c2ccc(OC)cc2)[C@H]2C(=O)N(c3ccc([N+](=O)[O-])cc3OC)C(=O)[C@@H]21. The molecule has 2 aliphatic heterocycles. The molecule has 2 saturated heterocycles. The van der Waals surface area contributed by atoms with Crippen LogP contribution in [0, 0.1) is 22.0 Å².